The lowest BCUT2D eigenvalue weighted by atomic mass is 10.2. The Bertz CT molecular complexity index is 288. The molecule has 4 heteroatoms. The van der Waals surface area contributed by atoms with E-state index in [4.69, 9.17) is 9.05 Å². The maximum atomic E-state index is 12.5. The monoisotopic (exact) mass is 230 g/mol. The second kappa shape index (κ2) is 6.89. The van der Waals surface area contributed by atoms with Crippen LogP contribution < -0.4 is 5.30 Å². The zero-order chi connectivity index (χ0) is 11.1. The average molecular weight is 230 g/mol. The molecule has 1 rings (SSSR count). The van der Waals surface area contributed by atoms with Crippen molar-refractivity contribution in [2.45, 2.75) is 20.5 Å². The minimum atomic E-state index is -1.04. The van der Waals surface area contributed by atoms with Gasteiger partial charge in [0.2, 0.25) is 8.38 Å². The maximum Gasteiger partial charge on any atom is 0.205 e. The predicted molar refractivity (Wildman–Crippen MR) is 61.1 cm³/mol. The van der Waals surface area contributed by atoms with Gasteiger partial charge in [-0.25, -0.2) is 4.39 Å². The van der Waals surface area contributed by atoms with E-state index in [-0.39, 0.29) is 0 Å². The van der Waals surface area contributed by atoms with Gasteiger partial charge >= 0.3 is 0 Å². The van der Waals surface area contributed by atoms with Crippen molar-refractivity contribution in [1.82, 2.24) is 0 Å². The zero-order valence-electron chi connectivity index (χ0n) is 9.07. The summed E-state index contributed by atoms with van der Waals surface area (Å²) in [7, 11) is -1.04. The van der Waals surface area contributed by atoms with Crippen LogP contribution in [0.4, 0.5) is 4.39 Å². The molecule has 0 aromatic heterocycles. The Balaban J connectivity index is 2.79. The molecule has 15 heavy (non-hydrogen) atoms. The SMILES string of the molecule is CCOP(OCC)c1cccc(CF)c1. The van der Waals surface area contributed by atoms with Crippen LogP contribution in [-0.2, 0) is 15.7 Å². The van der Waals surface area contributed by atoms with Crippen LogP contribution in [0.15, 0.2) is 24.3 Å². The fourth-order valence-corrected chi connectivity index (χ4v) is 2.49. The molecule has 1 aromatic rings. The first-order valence-corrected chi connectivity index (χ1v) is 6.20. The molecule has 0 spiro atoms. The van der Waals surface area contributed by atoms with Crippen molar-refractivity contribution in [2.75, 3.05) is 13.2 Å². The van der Waals surface area contributed by atoms with E-state index >= 15 is 0 Å². The van der Waals surface area contributed by atoms with Gasteiger partial charge in [-0.05, 0) is 31.5 Å². The second-order valence-corrected chi connectivity index (χ2v) is 4.44. The first kappa shape index (κ1) is 12.6. The van der Waals surface area contributed by atoms with Gasteiger partial charge in [0.15, 0.2) is 0 Å². The van der Waals surface area contributed by atoms with Gasteiger partial charge < -0.3 is 9.05 Å². The Hall–Kier alpha value is -0.500. The summed E-state index contributed by atoms with van der Waals surface area (Å²) in [5.74, 6) is 0. The van der Waals surface area contributed by atoms with Gasteiger partial charge in [-0.2, -0.15) is 0 Å². The Morgan fingerprint density at radius 1 is 1.20 bits per heavy atom. The highest BCUT2D eigenvalue weighted by Gasteiger charge is 2.12. The quantitative estimate of drug-likeness (QED) is 0.699. The third kappa shape index (κ3) is 3.86. The molecule has 0 saturated heterocycles. The van der Waals surface area contributed by atoms with E-state index in [1.807, 2.05) is 26.0 Å². The first-order valence-electron chi connectivity index (χ1n) is 5.02. The van der Waals surface area contributed by atoms with Gasteiger partial charge in [0.25, 0.3) is 0 Å². The van der Waals surface area contributed by atoms with Crippen LogP contribution in [0.25, 0.3) is 0 Å². The van der Waals surface area contributed by atoms with Crippen LogP contribution in [0, 0.1) is 0 Å². The van der Waals surface area contributed by atoms with E-state index in [1.165, 1.54) is 0 Å². The van der Waals surface area contributed by atoms with Crippen molar-refractivity contribution in [3.05, 3.63) is 29.8 Å². The van der Waals surface area contributed by atoms with Crippen LogP contribution in [-0.4, -0.2) is 13.2 Å². The molecule has 0 saturated carbocycles. The second-order valence-electron chi connectivity index (χ2n) is 2.90. The van der Waals surface area contributed by atoms with Gasteiger partial charge in [0.1, 0.15) is 6.67 Å². The number of benzene rings is 1. The molecule has 0 aliphatic rings. The molecule has 0 bridgehead atoms. The highest BCUT2D eigenvalue weighted by Crippen LogP contribution is 2.36. The largest absolute Gasteiger partial charge is 0.331 e. The Morgan fingerprint density at radius 2 is 1.87 bits per heavy atom. The van der Waals surface area contributed by atoms with Crippen molar-refractivity contribution in [3.63, 3.8) is 0 Å². The Labute approximate surface area is 91.3 Å². The zero-order valence-corrected chi connectivity index (χ0v) is 9.97. The minimum absolute atomic E-state index is 0.449. The minimum Gasteiger partial charge on any atom is -0.331 e. The van der Waals surface area contributed by atoms with E-state index in [1.54, 1.807) is 12.1 Å². The molecular weight excluding hydrogens is 214 g/mol. The topological polar surface area (TPSA) is 18.5 Å². The fraction of sp³-hybridized carbons (Fsp3) is 0.455. The van der Waals surface area contributed by atoms with E-state index in [0.29, 0.717) is 18.8 Å². The number of hydrogen-bond acceptors (Lipinski definition) is 2. The molecule has 0 atom stereocenters. The number of halogens is 1. The van der Waals surface area contributed by atoms with Crippen LogP contribution in [0.3, 0.4) is 0 Å². The van der Waals surface area contributed by atoms with Crippen LogP contribution in [0.1, 0.15) is 19.4 Å². The summed E-state index contributed by atoms with van der Waals surface area (Å²) in [5, 5.41) is 0.934. The molecule has 0 fully saturated rings. The lowest BCUT2D eigenvalue weighted by Gasteiger charge is -2.16. The van der Waals surface area contributed by atoms with Crippen molar-refractivity contribution in [1.29, 1.82) is 0 Å². The first-order chi connectivity index (χ1) is 7.31. The number of rotatable bonds is 6. The summed E-state index contributed by atoms with van der Waals surface area (Å²) in [6.07, 6.45) is 0. The summed E-state index contributed by atoms with van der Waals surface area (Å²) in [5.41, 5.74) is 0.666. The Kier molecular flexibility index (Phi) is 5.77. The van der Waals surface area contributed by atoms with Crippen LogP contribution in [0.5, 0.6) is 0 Å². The standard InChI is InChI=1S/C11H16FO2P/c1-3-13-15(14-4-2)11-7-5-6-10(8-11)9-12/h5-8H,3-4,9H2,1-2H3. The van der Waals surface area contributed by atoms with E-state index in [2.05, 4.69) is 0 Å². The van der Waals surface area contributed by atoms with Gasteiger partial charge in [-0.15, -0.1) is 0 Å². The van der Waals surface area contributed by atoms with Crippen molar-refractivity contribution < 1.29 is 13.4 Å². The smallest absolute Gasteiger partial charge is 0.205 e. The van der Waals surface area contributed by atoms with Crippen LogP contribution >= 0.6 is 8.38 Å². The normalized spacial score (nSPS) is 10.9. The molecule has 0 radical (unpaired) electrons. The number of hydrogen-bond donors (Lipinski definition) is 0. The van der Waals surface area contributed by atoms with Gasteiger partial charge in [0, 0.05) is 5.30 Å². The van der Waals surface area contributed by atoms with Crippen LogP contribution in [0.2, 0.25) is 0 Å². The molecule has 0 unspecified atom stereocenters. The lowest BCUT2D eigenvalue weighted by molar-refractivity contribution is 0.277. The van der Waals surface area contributed by atoms with E-state index < -0.39 is 15.1 Å². The molecule has 2 nitrogen and oxygen atoms in total. The third-order valence-corrected chi connectivity index (χ3v) is 3.45. The van der Waals surface area contributed by atoms with Crippen molar-refractivity contribution >= 4 is 13.7 Å². The maximum absolute atomic E-state index is 12.5. The molecule has 0 aliphatic heterocycles. The van der Waals surface area contributed by atoms with Gasteiger partial charge in [0.05, 0.1) is 13.2 Å². The highest BCUT2D eigenvalue weighted by molar-refractivity contribution is 7.56. The molecule has 0 N–H and O–H groups in total. The Morgan fingerprint density at radius 3 is 2.40 bits per heavy atom. The van der Waals surface area contributed by atoms with E-state index in [9.17, 15) is 4.39 Å². The molecular formula is C11H16FO2P. The summed E-state index contributed by atoms with van der Waals surface area (Å²) in [6, 6.07) is 7.31. The average Bonchev–Trinajstić information content (AvgIpc) is 2.29. The summed E-state index contributed by atoms with van der Waals surface area (Å²) in [6.45, 7) is 4.60. The van der Waals surface area contributed by atoms with Crippen molar-refractivity contribution in [2.24, 2.45) is 0 Å². The predicted octanol–water partition coefficient (Wildman–Crippen LogP) is 3.17. The summed E-state index contributed by atoms with van der Waals surface area (Å²) >= 11 is 0. The highest BCUT2D eigenvalue weighted by atomic mass is 31.2. The fourth-order valence-electron chi connectivity index (χ4n) is 1.17. The molecule has 84 valence electrons. The number of alkyl halides is 1. The third-order valence-electron chi connectivity index (χ3n) is 1.77. The molecule has 0 aliphatic carbocycles. The summed E-state index contributed by atoms with van der Waals surface area (Å²) < 4.78 is 23.4. The summed E-state index contributed by atoms with van der Waals surface area (Å²) in [4.78, 5) is 0. The van der Waals surface area contributed by atoms with Gasteiger partial charge in [-0.3, -0.25) is 0 Å². The van der Waals surface area contributed by atoms with Gasteiger partial charge in [-0.1, -0.05) is 12.1 Å². The van der Waals surface area contributed by atoms with E-state index in [0.717, 1.165) is 5.30 Å². The molecule has 0 amide bonds. The molecule has 1 aromatic carbocycles. The van der Waals surface area contributed by atoms with Crippen molar-refractivity contribution in [3.8, 4) is 0 Å². The lowest BCUT2D eigenvalue weighted by Crippen LogP contribution is -2.06. The molecule has 0 heterocycles.